The van der Waals surface area contributed by atoms with Crippen LogP contribution in [0.5, 0.6) is 0 Å². The fourth-order valence-electron chi connectivity index (χ4n) is 4.57. The van der Waals surface area contributed by atoms with Gasteiger partial charge in [-0.1, -0.05) is 22.7 Å². The minimum absolute atomic E-state index is 0.215. The molecule has 0 aliphatic rings. The van der Waals surface area contributed by atoms with E-state index in [0.29, 0.717) is 44.3 Å². The first-order valence-corrected chi connectivity index (χ1v) is 15.7. The third-order valence-electron chi connectivity index (χ3n) is 6.26. The monoisotopic (exact) mass is 624 g/mol. The highest BCUT2D eigenvalue weighted by molar-refractivity contribution is 7.20. The van der Waals surface area contributed by atoms with Crippen LogP contribution in [-0.2, 0) is 0 Å². The summed E-state index contributed by atoms with van der Waals surface area (Å²) in [5.41, 5.74) is 2.66. The number of hydrogen-bond acceptors (Lipinski definition) is 11. The molecule has 0 saturated carbocycles. The molecule has 0 aliphatic carbocycles. The van der Waals surface area contributed by atoms with Crippen molar-refractivity contribution in [1.82, 2.24) is 19.9 Å². The maximum atomic E-state index is 14.5. The predicted molar refractivity (Wildman–Crippen MR) is 176 cm³/mol. The molecule has 0 atom stereocenters. The summed E-state index contributed by atoms with van der Waals surface area (Å²) in [6, 6.07) is 14.8. The van der Waals surface area contributed by atoms with Gasteiger partial charge in [-0.25, -0.2) is 9.97 Å². The highest BCUT2D eigenvalue weighted by Gasteiger charge is 2.29. The fourth-order valence-corrected chi connectivity index (χ4v) is 6.98. The van der Waals surface area contributed by atoms with Gasteiger partial charge in [0.05, 0.1) is 22.3 Å². The second kappa shape index (κ2) is 11.5. The van der Waals surface area contributed by atoms with Gasteiger partial charge < -0.3 is 19.5 Å². The van der Waals surface area contributed by atoms with Crippen LogP contribution < -0.4 is 10.6 Å². The smallest absolute Gasteiger partial charge is 0.230 e. The van der Waals surface area contributed by atoms with Crippen LogP contribution in [-0.4, -0.2) is 36.8 Å². The molecule has 0 saturated heterocycles. The molecule has 0 spiro atoms. The van der Waals surface area contributed by atoms with E-state index in [2.05, 4.69) is 62.1 Å². The average Bonchev–Trinajstić information content (AvgIpc) is 3.78. The summed E-state index contributed by atoms with van der Waals surface area (Å²) in [5.74, 6) is 0.890. The minimum atomic E-state index is -0.315. The number of pyridine rings is 2. The van der Waals surface area contributed by atoms with E-state index in [-0.39, 0.29) is 28.2 Å². The van der Waals surface area contributed by atoms with Gasteiger partial charge in [0.25, 0.3) is 0 Å². The average molecular weight is 625 g/mol. The van der Waals surface area contributed by atoms with Crippen LogP contribution in [0.4, 0.5) is 10.3 Å². The molecule has 9 nitrogen and oxygen atoms in total. The normalized spacial score (nSPS) is 12.0. The quantitative estimate of drug-likeness (QED) is 0.160. The second-order valence-electron chi connectivity index (χ2n) is 12.2. The van der Waals surface area contributed by atoms with Crippen molar-refractivity contribution < 1.29 is 13.6 Å². The van der Waals surface area contributed by atoms with Crippen LogP contribution in [0.25, 0.3) is 43.8 Å². The summed E-state index contributed by atoms with van der Waals surface area (Å²) in [6.07, 6.45) is 6.46. The molecular weight excluding hydrogens is 593 g/mol. The van der Waals surface area contributed by atoms with Crippen molar-refractivity contribution in [3.63, 3.8) is 0 Å². The van der Waals surface area contributed by atoms with Crippen molar-refractivity contribution >= 4 is 38.7 Å². The first-order valence-electron chi connectivity index (χ1n) is 14.1. The Kier molecular flexibility index (Phi) is 7.68. The zero-order valence-corrected chi connectivity index (χ0v) is 26.9. The number of rotatable bonds is 8. The lowest BCUT2D eigenvalue weighted by Gasteiger charge is -2.19. The Morgan fingerprint density at radius 2 is 1.09 bits per heavy atom. The Bertz CT molecular complexity index is 1770. The van der Waals surface area contributed by atoms with E-state index in [1.807, 2.05) is 48.5 Å². The highest BCUT2D eigenvalue weighted by atomic mass is 32.1. The van der Waals surface area contributed by atoms with Crippen molar-refractivity contribution in [2.75, 3.05) is 10.6 Å². The molecule has 0 bridgehead atoms. The lowest BCUT2D eigenvalue weighted by atomic mass is 10.0. The molecule has 6 aromatic rings. The number of carbonyl (C=O) groups is 1. The van der Waals surface area contributed by atoms with Crippen LogP contribution in [0.3, 0.4) is 0 Å². The number of ketones is 1. The maximum absolute atomic E-state index is 14.5. The Morgan fingerprint density at radius 3 is 1.45 bits per heavy atom. The van der Waals surface area contributed by atoms with Crippen molar-refractivity contribution in [2.45, 2.75) is 52.6 Å². The number of thiazole rings is 2. The Labute approximate surface area is 263 Å². The van der Waals surface area contributed by atoms with Gasteiger partial charge in [0.15, 0.2) is 21.8 Å². The zero-order valence-electron chi connectivity index (χ0n) is 25.3. The molecule has 11 heteroatoms. The van der Waals surface area contributed by atoms with Gasteiger partial charge in [-0.2, -0.15) is 0 Å². The van der Waals surface area contributed by atoms with E-state index in [1.165, 1.54) is 22.7 Å². The number of carbonyl (C=O) groups excluding carboxylic acids is 1. The maximum Gasteiger partial charge on any atom is 0.230 e. The van der Waals surface area contributed by atoms with Crippen molar-refractivity contribution in [3.05, 3.63) is 84.8 Å². The van der Waals surface area contributed by atoms with Crippen molar-refractivity contribution in [3.8, 4) is 43.8 Å². The summed E-state index contributed by atoms with van der Waals surface area (Å²) in [5, 5.41) is 8.33. The largest absolute Gasteiger partial charge is 0.463 e. The zero-order chi connectivity index (χ0) is 31.1. The lowest BCUT2D eigenvalue weighted by Crippen LogP contribution is -2.25. The van der Waals surface area contributed by atoms with Crippen molar-refractivity contribution in [2.24, 2.45) is 0 Å². The van der Waals surface area contributed by atoms with E-state index in [0.717, 1.165) is 9.75 Å². The SMILES string of the molecule is CC(C)(C)Nc1nc(-c2ccco2)c(-c2cccnc2C(=O)c2ncccc2-c2sc(NC(C)(C)C)nc2-c2ccco2)s1. The minimum Gasteiger partial charge on any atom is -0.463 e. The van der Waals surface area contributed by atoms with Crippen LogP contribution in [0.2, 0.25) is 0 Å². The molecule has 224 valence electrons. The summed E-state index contributed by atoms with van der Waals surface area (Å²) in [7, 11) is 0. The number of aromatic nitrogens is 4. The predicted octanol–water partition coefficient (Wildman–Crippen LogP) is 8.90. The van der Waals surface area contributed by atoms with Gasteiger partial charge in [0.1, 0.15) is 22.8 Å². The number of anilines is 2. The van der Waals surface area contributed by atoms with E-state index < -0.39 is 0 Å². The van der Waals surface area contributed by atoms with Gasteiger partial charge >= 0.3 is 0 Å². The van der Waals surface area contributed by atoms with Gasteiger partial charge in [0.2, 0.25) is 5.78 Å². The standard InChI is InChI=1S/C33H32N6O3S2/c1-32(2,3)38-30-36-25(21-13-9-17-41-21)28(43-30)19-11-7-15-34-23(19)27(40)24-20(12-8-16-35-24)29-26(22-14-10-18-42-22)37-31(44-29)39-33(4,5)6/h7-18H,1-6H3,(H,36,38)(H,37,39). The van der Waals surface area contributed by atoms with Crippen LogP contribution in [0, 0.1) is 0 Å². The lowest BCUT2D eigenvalue weighted by molar-refractivity contribution is 0.103. The Balaban J connectivity index is 1.48. The molecule has 44 heavy (non-hydrogen) atoms. The molecule has 0 amide bonds. The molecule has 2 N–H and O–H groups in total. The van der Waals surface area contributed by atoms with Gasteiger partial charge in [-0.3, -0.25) is 14.8 Å². The molecule has 0 radical (unpaired) electrons. The molecule has 6 rings (SSSR count). The molecule has 6 aromatic heterocycles. The first kappa shape index (κ1) is 29.5. The van der Waals surface area contributed by atoms with E-state index in [4.69, 9.17) is 18.8 Å². The summed E-state index contributed by atoms with van der Waals surface area (Å²) in [4.78, 5) is 34.9. The molecule has 0 fully saturated rings. The van der Waals surface area contributed by atoms with Gasteiger partial charge in [-0.15, -0.1) is 0 Å². The third-order valence-corrected chi connectivity index (χ3v) is 8.27. The number of furan rings is 2. The number of nitrogens with one attached hydrogen (secondary N) is 2. The van der Waals surface area contributed by atoms with Gasteiger partial charge in [-0.05, 0) is 90.1 Å². The summed E-state index contributed by atoms with van der Waals surface area (Å²) in [6.45, 7) is 12.4. The number of hydrogen-bond donors (Lipinski definition) is 2. The van der Waals surface area contributed by atoms with Crippen LogP contribution in [0.15, 0.2) is 82.3 Å². The molecule has 6 heterocycles. The highest BCUT2D eigenvalue weighted by Crippen LogP contribution is 2.44. The van der Waals surface area contributed by atoms with Gasteiger partial charge in [0, 0.05) is 34.6 Å². The summed E-state index contributed by atoms with van der Waals surface area (Å²) >= 11 is 2.90. The Morgan fingerprint density at radius 1 is 0.659 bits per heavy atom. The van der Waals surface area contributed by atoms with E-state index >= 15 is 0 Å². The van der Waals surface area contributed by atoms with Crippen LogP contribution >= 0.6 is 22.7 Å². The molecule has 0 aromatic carbocycles. The molecular formula is C33H32N6O3S2. The topological polar surface area (TPSA) is 119 Å². The van der Waals surface area contributed by atoms with Crippen molar-refractivity contribution in [1.29, 1.82) is 0 Å². The Hall–Kier alpha value is -4.61. The second-order valence-corrected chi connectivity index (χ2v) is 14.2. The van der Waals surface area contributed by atoms with E-state index in [9.17, 15) is 4.79 Å². The van der Waals surface area contributed by atoms with Crippen LogP contribution in [0.1, 0.15) is 57.7 Å². The van der Waals surface area contributed by atoms with E-state index in [1.54, 1.807) is 24.9 Å². The summed E-state index contributed by atoms with van der Waals surface area (Å²) < 4.78 is 11.5. The fraction of sp³-hybridized carbons (Fsp3) is 0.242. The molecule has 0 aliphatic heterocycles. The third kappa shape index (κ3) is 6.20. The molecule has 0 unspecified atom stereocenters. The first-order chi connectivity index (χ1) is 21.0. The number of nitrogens with zero attached hydrogens (tertiary/aromatic N) is 4.